The smallest absolute Gasteiger partial charge is 0.185 e. The third-order valence-electron chi connectivity index (χ3n) is 5.37. The van der Waals surface area contributed by atoms with Gasteiger partial charge in [-0.1, -0.05) is 0 Å². The van der Waals surface area contributed by atoms with Crippen LogP contribution in [0.4, 0.5) is 0 Å². The van der Waals surface area contributed by atoms with Crippen LogP contribution in [0.5, 0.6) is 0 Å². The fraction of sp³-hybridized carbons (Fsp3) is 0.458. The number of hydrogen-bond acceptors (Lipinski definition) is 7. The Bertz CT molecular complexity index is 895. The molecule has 7 heteroatoms. The summed E-state index contributed by atoms with van der Waals surface area (Å²) < 4.78 is 32.9. The second-order valence-corrected chi connectivity index (χ2v) is 8.07. The molecule has 2 unspecified atom stereocenters. The Balaban J connectivity index is 1.19. The Morgan fingerprint density at radius 3 is 1.74 bits per heavy atom. The van der Waals surface area contributed by atoms with Gasteiger partial charge in [-0.25, -0.2) is 0 Å². The third-order valence-corrected chi connectivity index (χ3v) is 5.37. The van der Waals surface area contributed by atoms with Crippen LogP contribution in [0.25, 0.3) is 12.2 Å². The van der Waals surface area contributed by atoms with Crippen LogP contribution in [-0.4, -0.2) is 44.4 Å². The number of ketones is 1. The first kappa shape index (κ1) is 20.5. The van der Waals surface area contributed by atoms with Gasteiger partial charge in [-0.2, -0.15) is 0 Å². The Labute approximate surface area is 180 Å². The zero-order valence-corrected chi connectivity index (χ0v) is 17.3. The van der Waals surface area contributed by atoms with E-state index in [1.807, 2.05) is 36.4 Å². The van der Waals surface area contributed by atoms with Crippen molar-refractivity contribution in [3.05, 3.63) is 58.5 Å². The quantitative estimate of drug-likeness (QED) is 0.420. The van der Waals surface area contributed by atoms with Crippen LogP contribution in [0.2, 0.25) is 0 Å². The molecule has 1 aliphatic carbocycles. The predicted molar refractivity (Wildman–Crippen MR) is 111 cm³/mol. The molecular weight excluding hydrogens is 400 g/mol. The van der Waals surface area contributed by atoms with Gasteiger partial charge in [-0.15, -0.1) is 0 Å². The molecule has 164 valence electrons. The Morgan fingerprint density at radius 1 is 0.806 bits per heavy atom. The average Bonchev–Trinajstić information content (AvgIpc) is 3.67. The Morgan fingerprint density at radius 2 is 1.29 bits per heavy atom. The van der Waals surface area contributed by atoms with Crippen molar-refractivity contribution in [3.8, 4) is 0 Å². The number of epoxide rings is 2. The molecule has 0 N–H and O–H groups in total. The minimum Gasteiger partial charge on any atom is -0.459 e. The maximum Gasteiger partial charge on any atom is 0.185 e. The first-order chi connectivity index (χ1) is 15.2. The highest BCUT2D eigenvalue weighted by atomic mass is 16.6. The number of rotatable bonds is 10. The Hall–Kier alpha value is -2.45. The molecule has 5 rings (SSSR count). The fourth-order valence-corrected chi connectivity index (χ4v) is 3.53. The molecule has 0 aromatic carbocycles. The molecule has 2 atom stereocenters. The molecule has 1 saturated carbocycles. The summed E-state index contributed by atoms with van der Waals surface area (Å²) in [5.41, 5.74) is 1.51. The number of carbonyl (C=O) groups excluding carboxylic acids is 1. The standard InChI is InChI=1S/C24H26O7/c25-24-16(8-18-4-6-20(30-18)10-26-12-22-14-28-22)2-1-3-17(24)9-19-5-7-21(31-19)11-27-13-23-15-29-23/h4-9,22-23H,1-3,10-15H2/b16-8+,17-9+. The summed E-state index contributed by atoms with van der Waals surface area (Å²) in [6, 6.07) is 7.50. The number of ether oxygens (including phenoxy) is 4. The van der Waals surface area contributed by atoms with E-state index in [1.54, 1.807) is 0 Å². The maximum absolute atomic E-state index is 13.0. The van der Waals surface area contributed by atoms with Gasteiger partial charge in [0.05, 0.1) is 26.4 Å². The highest BCUT2D eigenvalue weighted by molar-refractivity contribution is 6.13. The van der Waals surface area contributed by atoms with Crippen molar-refractivity contribution < 1.29 is 32.6 Å². The van der Waals surface area contributed by atoms with Crippen LogP contribution in [0.3, 0.4) is 0 Å². The predicted octanol–water partition coefficient (Wildman–Crippen LogP) is 3.92. The number of Topliss-reactive ketones (excluding diaryl/α,β-unsaturated/α-hetero) is 1. The van der Waals surface area contributed by atoms with E-state index in [2.05, 4.69) is 0 Å². The van der Waals surface area contributed by atoms with Gasteiger partial charge >= 0.3 is 0 Å². The van der Waals surface area contributed by atoms with Gasteiger partial charge in [-0.05, 0) is 55.7 Å². The molecule has 7 nitrogen and oxygen atoms in total. The van der Waals surface area contributed by atoms with Gasteiger partial charge in [-0.3, -0.25) is 4.79 Å². The van der Waals surface area contributed by atoms with E-state index in [0.717, 1.165) is 55.1 Å². The highest BCUT2D eigenvalue weighted by Crippen LogP contribution is 2.29. The summed E-state index contributed by atoms with van der Waals surface area (Å²) in [7, 11) is 0. The largest absolute Gasteiger partial charge is 0.459 e. The van der Waals surface area contributed by atoms with E-state index < -0.39 is 0 Å². The molecule has 0 amide bonds. The third kappa shape index (κ3) is 5.83. The van der Waals surface area contributed by atoms with Crippen LogP contribution in [-0.2, 0) is 37.0 Å². The van der Waals surface area contributed by atoms with E-state index in [-0.39, 0.29) is 18.0 Å². The van der Waals surface area contributed by atoms with Gasteiger partial charge in [0.15, 0.2) is 5.78 Å². The molecule has 3 fully saturated rings. The van der Waals surface area contributed by atoms with Crippen molar-refractivity contribution in [2.75, 3.05) is 26.4 Å². The molecule has 3 aliphatic rings. The number of furan rings is 2. The van der Waals surface area contributed by atoms with Crippen molar-refractivity contribution in [3.63, 3.8) is 0 Å². The Kier molecular flexibility index (Phi) is 6.18. The monoisotopic (exact) mass is 426 g/mol. The lowest BCUT2D eigenvalue weighted by Gasteiger charge is -2.15. The van der Waals surface area contributed by atoms with Gasteiger partial charge < -0.3 is 27.8 Å². The number of hydrogen-bond donors (Lipinski definition) is 0. The second-order valence-electron chi connectivity index (χ2n) is 8.07. The number of carbonyl (C=O) groups is 1. The van der Waals surface area contributed by atoms with Crippen molar-refractivity contribution in [1.29, 1.82) is 0 Å². The minimum atomic E-state index is 0.0476. The molecular formula is C24H26O7. The SMILES string of the molecule is O=C1/C(=C/c2ccc(COCC3CO3)o2)CCC/C1=C\c1ccc(COCC2CO2)o1. The fourth-order valence-electron chi connectivity index (χ4n) is 3.53. The van der Waals surface area contributed by atoms with Crippen molar-refractivity contribution in [1.82, 2.24) is 0 Å². The highest BCUT2D eigenvalue weighted by Gasteiger charge is 2.24. The molecule has 4 heterocycles. The van der Waals surface area contributed by atoms with Crippen molar-refractivity contribution in [2.45, 2.75) is 44.7 Å². The lowest BCUT2D eigenvalue weighted by molar-refractivity contribution is -0.112. The molecule has 0 radical (unpaired) electrons. The normalized spacial score (nSPS) is 25.5. The van der Waals surface area contributed by atoms with Crippen molar-refractivity contribution >= 4 is 17.9 Å². The lowest BCUT2D eigenvalue weighted by atomic mass is 9.88. The van der Waals surface area contributed by atoms with Crippen LogP contribution in [0, 0.1) is 0 Å². The molecule has 2 saturated heterocycles. The molecule has 2 aliphatic heterocycles. The maximum atomic E-state index is 13.0. The topological polar surface area (TPSA) is 86.9 Å². The summed E-state index contributed by atoms with van der Waals surface area (Å²) >= 11 is 0. The average molecular weight is 426 g/mol. The van der Waals surface area contributed by atoms with Crippen LogP contribution < -0.4 is 0 Å². The van der Waals surface area contributed by atoms with E-state index >= 15 is 0 Å². The molecule has 0 spiro atoms. The van der Waals surface area contributed by atoms with Crippen LogP contribution in [0.15, 0.2) is 44.2 Å². The van der Waals surface area contributed by atoms with E-state index in [4.69, 9.17) is 27.8 Å². The summed E-state index contributed by atoms with van der Waals surface area (Å²) in [6.07, 6.45) is 6.53. The van der Waals surface area contributed by atoms with Crippen LogP contribution in [0.1, 0.15) is 42.3 Å². The molecule has 31 heavy (non-hydrogen) atoms. The first-order valence-corrected chi connectivity index (χ1v) is 10.7. The summed E-state index contributed by atoms with van der Waals surface area (Å²) in [4.78, 5) is 13.0. The minimum absolute atomic E-state index is 0.0476. The van der Waals surface area contributed by atoms with Gasteiger partial charge in [0, 0.05) is 11.1 Å². The van der Waals surface area contributed by atoms with E-state index in [1.165, 1.54) is 0 Å². The van der Waals surface area contributed by atoms with E-state index in [0.29, 0.717) is 37.9 Å². The van der Waals surface area contributed by atoms with Gasteiger partial charge in [0.25, 0.3) is 0 Å². The molecule has 2 aromatic heterocycles. The number of allylic oxidation sites excluding steroid dienone is 2. The van der Waals surface area contributed by atoms with Crippen LogP contribution >= 0.6 is 0 Å². The zero-order valence-electron chi connectivity index (χ0n) is 17.3. The van der Waals surface area contributed by atoms with E-state index in [9.17, 15) is 4.79 Å². The lowest BCUT2D eigenvalue weighted by Crippen LogP contribution is -2.12. The zero-order chi connectivity index (χ0) is 21.0. The summed E-state index contributed by atoms with van der Waals surface area (Å²) in [5.74, 6) is 2.87. The molecule has 0 bridgehead atoms. The molecule has 2 aromatic rings. The van der Waals surface area contributed by atoms with Crippen molar-refractivity contribution in [2.24, 2.45) is 0 Å². The second kappa shape index (κ2) is 9.36. The van der Waals surface area contributed by atoms with Gasteiger partial charge in [0.1, 0.15) is 48.5 Å². The summed E-state index contributed by atoms with van der Waals surface area (Å²) in [5, 5.41) is 0. The summed E-state index contributed by atoms with van der Waals surface area (Å²) in [6.45, 7) is 3.52. The van der Waals surface area contributed by atoms with Gasteiger partial charge in [0.2, 0.25) is 0 Å². The first-order valence-electron chi connectivity index (χ1n) is 10.7.